The van der Waals surface area contributed by atoms with Crippen molar-refractivity contribution in [2.45, 2.75) is 76.5 Å². The second-order valence-corrected chi connectivity index (χ2v) is 10.5. The molecule has 1 spiro atoms. The van der Waals surface area contributed by atoms with Gasteiger partial charge in [0.05, 0.1) is 16.6 Å². The second kappa shape index (κ2) is 7.76. The van der Waals surface area contributed by atoms with Crippen LogP contribution in [-0.2, 0) is 14.8 Å². The molecule has 2 atom stereocenters. The van der Waals surface area contributed by atoms with Crippen LogP contribution in [0.3, 0.4) is 0 Å². The Morgan fingerprint density at radius 3 is 2.21 bits per heavy atom. The van der Waals surface area contributed by atoms with Gasteiger partial charge in [-0.1, -0.05) is 38.5 Å². The summed E-state index contributed by atoms with van der Waals surface area (Å²) in [6.45, 7) is 11.0. The number of hydrogen-bond acceptors (Lipinski definition) is 4. The molecule has 1 N–H and O–H groups in total. The minimum Gasteiger partial charge on any atom is -0.320 e. The fraction of sp³-hybridized carbons (Fsp3) is 0.667. The van der Waals surface area contributed by atoms with Gasteiger partial charge in [0.2, 0.25) is 15.9 Å². The molecule has 2 aliphatic rings. The number of amides is 1. The molecule has 2 heterocycles. The van der Waals surface area contributed by atoms with Crippen LogP contribution in [0.5, 0.6) is 0 Å². The summed E-state index contributed by atoms with van der Waals surface area (Å²) in [5.74, 6) is 0.354. The molecule has 7 heteroatoms. The number of nitrogens with one attached hydrogen (secondary N) is 1. The van der Waals surface area contributed by atoms with E-state index in [1.807, 2.05) is 24.0 Å². The normalized spacial score (nSPS) is 24.3. The molecule has 0 bridgehead atoms. The van der Waals surface area contributed by atoms with Gasteiger partial charge in [0.15, 0.2) is 0 Å². The highest BCUT2D eigenvalue weighted by Gasteiger charge is 2.54. The molecule has 0 unspecified atom stereocenters. The Bertz CT molecular complexity index is 812. The predicted octanol–water partition coefficient (Wildman–Crippen LogP) is 2.73. The number of nitrogens with zero attached hydrogens (tertiary/aromatic N) is 2. The van der Waals surface area contributed by atoms with E-state index in [0.717, 1.165) is 12.0 Å². The summed E-state index contributed by atoms with van der Waals surface area (Å²) in [5, 5.41) is 3.59. The first kappa shape index (κ1) is 21.3. The van der Waals surface area contributed by atoms with E-state index in [1.54, 1.807) is 16.4 Å². The number of carbonyl (C=O) groups excluding carboxylic acids is 1. The van der Waals surface area contributed by atoms with Crippen molar-refractivity contribution in [1.82, 2.24) is 14.5 Å². The maximum atomic E-state index is 13.1. The highest BCUT2D eigenvalue weighted by atomic mass is 32.2. The van der Waals surface area contributed by atoms with Gasteiger partial charge in [0.1, 0.15) is 0 Å². The lowest BCUT2D eigenvalue weighted by molar-refractivity contribution is -0.136. The van der Waals surface area contributed by atoms with E-state index >= 15 is 0 Å². The Morgan fingerprint density at radius 2 is 1.71 bits per heavy atom. The maximum Gasteiger partial charge on any atom is 0.243 e. The third kappa shape index (κ3) is 3.60. The number of rotatable bonds is 5. The Balaban J connectivity index is 1.82. The zero-order valence-corrected chi connectivity index (χ0v) is 18.4. The number of piperidine rings is 1. The van der Waals surface area contributed by atoms with Gasteiger partial charge in [-0.2, -0.15) is 4.31 Å². The van der Waals surface area contributed by atoms with E-state index in [-0.39, 0.29) is 23.9 Å². The molecular weight excluding hydrogens is 374 g/mol. The van der Waals surface area contributed by atoms with E-state index < -0.39 is 15.7 Å². The van der Waals surface area contributed by atoms with E-state index in [1.165, 1.54) is 0 Å². The Hall–Kier alpha value is -1.44. The third-order valence-electron chi connectivity index (χ3n) is 6.30. The van der Waals surface area contributed by atoms with Gasteiger partial charge < -0.3 is 4.90 Å². The molecular formula is C21H33N3O3S. The Morgan fingerprint density at radius 1 is 1.14 bits per heavy atom. The average Bonchev–Trinajstić information content (AvgIpc) is 2.94. The Kier molecular flexibility index (Phi) is 5.90. The van der Waals surface area contributed by atoms with Crippen molar-refractivity contribution in [1.29, 1.82) is 0 Å². The molecule has 0 saturated carbocycles. The van der Waals surface area contributed by atoms with Crippen LogP contribution in [0.1, 0.15) is 52.5 Å². The van der Waals surface area contributed by atoms with Crippen molar-refractivity contribution in [3.63, 3.8) is 0 Å². The standard InChI is InChI=1S/C21H33N3O3S/c1-6-17(5)24-20(25)19(15(2)3)22-21(24)11-13-23(14-12-21)28(26,27)18-9-7-16(4)8-10-18/h7-10,15,17,19,22H,6,11-14H2,1-5H3/t17-,19-/m1/s1. The average molecular weight is 408 g/mol. The van der Waals surface area contributed by atoms with Crippen LogP contribution in [-0.4, -0.2) is 54.4 Å². The van der Waals surface area contributed by atoms with E-state index in [2.05, 4.69) is 33.0 Å². The zero-order chi connectivity index (χ0) is 20.7. The molecule has 2 saturated heterocycles. The van der Waals surface area contributed by atoms with Crippen LogP contribution in [0.15, 0.2) is 29.2 Å². The molecule has 1 aromatic carbocycles. The SMILES string of the molecule is CC[C@@H](C)N1C(=O)[C@@H](C(C)C)NC12CCN(S(=O)(=O)c1ccc(C)cc1)CC2. The summed E-state index contributed by atoms with van der Waals surface area (Å²) >= 11 is 0. The number of benzene rings is 1. The van der Waals surface area contributed by atoms with E-state index in [4.69, 9.17) is 0 Å². The van der Waals surface area contributed by atoms with Gasteiger partial charge in [-0.15, -0.1) is 0 Å². The van der Waals surface area contributed by atoms with Gasteiger partial charge in [0.25, 0.3) is 0 Å². The molecule has 6 nitrogen and oxygen atoms in total. The van der Waals surface area contributed by atoms with Gasteiger partial charge in [-0.25, -0.2) is 8.42 Å². The van der Waals surface area contributed by atoms with Crippen molar-refractivity contribution in [2.75, 3.05) is 13.1 Å². The summed E-state index contributed by atoms with van der Waals surface area (Å²) in [6, 6.07) is 6.93. The van der Waals surface area contributed by atoms with E-state index in [9.17, 15) is 13.2 Å². The molecule has 0 aromatic heterocycles. The van der Waals surface area contributed by atoms with Crippen molar-refractivity contribution in [2.24, 2.45) is 5.92 Å². The molecule has 0 aliphatic carbocycles. The first-order chi connectivity index (χ1) is 13.1. The van der Waals surface area contributed by atoms with Crippen molar-refractivity contribution in [3.8, 4) is 0 Å². The molecule has 1 aromatic rings. The topological polar surface area (TPSA) is 69.7 Å². The first-order valence-corrected chi connectivity index (χ1v) is 11.7. The van der Waals surface area contributed by atoms with Gasteiger partial charge in [0, 0.05) is 19.1 Å². The molecule has 2 fully saturated rings. The lowest BCUT2D eigenvalue weighted by Crippen LogP contribution is -2.61. The summed E-state index contributed by atoms with van der Waals surface area (Å²) in [4.78, 5) is 15.4. The second-order valence-electron chi connectivity index (χ2n) is 8.58. The molecule has 3 rings (SSSR count). The highest BCUT2D eigenvalue weighted by molar-refractivity contribution is 7.89. The van der Waals surface area contributed by atoms with Crippen molar-refractivity contribution in [3.05, 3.63) is 29.8 Å². The summed E-state index contributed by atoms with van der Waals surface area (Å²) in [7, 11) is -3.51. The van der Waals surface area contributed by atoms with Crippen molar-refractivity contribution < 1.29 is 13.2 Å². The van der Waals surface area contributed by atoms with Crippen LogP contribution in [0.4, 0.5) is 0 Å². The zero-order valence-electron chi connectivity index (χ0n) is 17.6. The summed E-state index contributed by atoms with van der Waals surface area (Å²) in [5.41, 5.74) is 0.593. The fourth-order valence-corrected chi connectivity index (χ4v) is 5.84. The lowest BCUT2D eigenvalue weighted by Gasteiger charge is -2.46. The van der Waals surface area contributed by atoms with Crippen LogP contribution >= 0.6 is 0 Å². The minimum atomic E-state index is -3.51. The summed E-state index contributed by atoms with van der Waals surface area (Å²) < 4.78 is 27.6. The summed E-state index contributed by atoms with van der Waals surface area (Å²) in [6.07, 6.45) is 2.10. The predicted molar refractivity (Wildman–Crippen MR) is 110 cm³/mol. The first-order valence-electron chi connectivity index (χ1n) is 10.3. The number of carbonyl (C=O) groups is 1. The van der Waals surface area contributed by atoms with Crippen LogP contribution < -0.4 is 5.32 Å². The molecule has 156 valence electrons. The van der Waals surface area contributed by atoms with E-state index in [0.29, 0.717) is 30.8 Å². The molecule has 1 amide bonds. The van der Waals surface area contributed by atoms with Crippen LogP contribution in [0, 0.1) is 12.8 Å². The van der Waals surface area contributed by atoms with Gasteiger partial charge >= 0.3 is 0 Å². The Labute approximate surface area is 169 Å². The largest absolute Gasteiger partial charge is 0.320 e. The molecule has 2 aliphatic heterocycles. The van der Waals surface area contributed by atoms with Crippen LogP contribution in [0.25, 0.3) is 0 Å². The van der Waals surface area contributed by atoms with Gasteiger partial charge in [-0.3, -0.25) is 10.1 Å². The lowest BCUT2D eigenvalue weighted by atomic mass is 9.95. The maximum absolute atomic E-state index is 13.1. The fourth-order valence-electron chi connectivity index (χ4n) is 4.40. The number of hydrogen-bond donors (Lipinski definition) is 1. The third-order valence-corrected chi connectivity index (χ3v) is 8.21. The van der Waals surface area contributed by atoms with Crippen molar-refractivity contribution >= 4 is 15.9 Å². The smallest absolute Gasteiger partial charge is 0.243 e. The monoisotopic (exact) mass is 407 g/mol. The number of sulfonamides is 1. The minimum absolute atomic E-state index is 0.129. The van der Waals surface area contributed by atoms with Gasteiger partial charge in [-0.05, 0) is 51.2 Å². The quantitative estimate of drug-likeness (QED) is 0.815. The highest BCUT2D eigenvalue weighted by Crippen LogP contribution is 2.37. The van der Waals surface area contributed by atoms with Crippen LogP contribution in [0.2, 0.25) is 0 Å². The molecule has 28 heavy (non-hydrogen) atoms. The number of aryl methyl sites for hydroxylation is 1. The molecule has 0 radical (unpaired) electrons.